The minimum atomic E-state index is -0.892. The van der Waals surface area contributed by atoms with Crippen LogP contribution in [0.15, 0.2) is 72.8 Å². The van der Waals surface area contributed by atoms with Crippen molar-refractivity contribution in [3.8, 4) is 23.0 Å². The average Bonchev–Trinajstić information content (AvgIpc) is 3.46. The Bertz CT molecular complexity index is 2410. The van der Waals surface area contributed by atoms with E-state index < -0.39 is 5.97 Å². The number of fused-ring (bicyclic) bond motifs is 4. The number of aliphatic carboxylic acids is 1. The highest BCUT2D eigenvalue weighted by molar-refractivity contribution is 6.04. The Hall–Kier alpha value is -6.70. The van der Waals surface area contributed by atoms with Crippen molar-refractivity contribution < 1.29 is 57.6 Å². The lowest BCUT2D eigenvalue weighted by Crippen LogP contribution is -2.46. The van der Waals surface area contributed by atoms with Crippen LogP contribution in [0.4, 0.5) is 0 Å². The van der Waals surface area contributed by atoms with Gasteiger partial charge in [0.15, 0.2) is 34.6 Å². The number of ketones is 2. The van der Waals surface area contributed by atoms with E-state index in [0.29, 0.717) is 70.3 Å². The predicted molar refractivity (Wildman–Crippen MR) is 229 cm³/mol. The van der Waals surface area contributed by atoms with Crippen molar-refractivity contribution in [2.24, 2.45) is 0 Å². The van der Waals surface area contributed by atoms with Gasteiger partial charge < -0.3 is 38.6 Å². The van der Waals surface area contributed by atoms with Crippen molar-refractivity contribution in [3.05, 3.63) is 117 Å². The fourth-order valence-corrected chi connectivity index (χ4v) is 8.77. The number of carbonyl (C=O) groups is 6. The maximum Gasteiger partial charge on any atom is 0.309 e. The monoisotopic (exact) mass is 860 g/mol. The number of hydrogen-bond acceptors (Lipinski definition) is 11. The maximum absolute atomic E-state index is 13.2. The molecule has 0 bridgehead atoms. The van der Waals surface area contributed by atoms with Gasteiger partial charge in [-0.2, -0.15) is 0 Å². The number of carboxylic acids is 1. The number of esters is 1. The Labute approximate surface area is 366 Å². The Morgan fingerprint density at radius 2 is 1.03 bits per heavy atom. The molecule has 4 aromatic carbocycles. The highest BCUT2D eigenvalue weighted by atomic mass is 16.5. The van der Waals surface area contributed by atoms with Crippen molar-refractivity contribution in [2.45, 2.75) is 89.5 Å². The van der Waals surface area contributed by atoms with Gasteiger partial charge in [-0.3, -0.25) is 28.8 Å². The number of piperidine rings is 2. The number of Topliss-reactive ketones (excluding diaryl/α,β-unsaturated/α-hetero) is 2. The first-order valence-electron chi connectivity index (χ1n) is 21.2. The Kier molecular flexibility index (Phi) is 14.1. The normalized spacial score (nSPS) is 18.0. The number of carboxylic acid groups (broad SMARTS) is 1. The number of nitrogens with zero attached hydrogens (tertiary/aromatic N) is 2. The smallest absolute Gasteiger partial charge is 0.309 e. The first-order valence-corrected chi connectivity index (χ1v) is 21.2. The molecule has 2 fully saturated rings. The molecule has 0 saturated carbocycles. The van der Waals surface area contributed by atoms with Gasteiger partial charge in [-0.25, -0.2) is 0 Å². The van der Waals surface area contributed by atoms with Crippen molar-refractivity contribution >= 4 is 35.3 Å². The van der Waals surface area contributed by atoms with Gasteiger partial charge in [0.05, 0.1) is 46.3 Å². The van der Waals surface area contributed by atoms with Crippen LogP contribution in [0.5, 0.6) is 23.0 Å². The van der Waals surface area contributed by atoms with Crippen LogP contribution in [0.1, 0.15) is 92.6 Å². The molecule has 4 aliphatic heterocycles. The lowest BCUT2D eigenvalue weighted by atomic mass is 9.96. The molecule has 14 nitrogen and oxygen atoms in total. The van der Waals surface area contributed by atoms with E-state index >= 15 is 0 Å². The van der Waals surface area contributed by atoms with E-state index in [1.807, 2.05) is 30.3 Å². The van der Waals surface area contributed by atoms with Crippen LogP contribution in [0.3, 0.4) is 0 Å². The molecule has 4 heterocycles. The van der Waals surface area contributed by atoms with Crippen LogP contribution in [0, 0.1) is 0 Å². The van der Waals surface area contributed by atoms with E-state index in [4.69, 9.17) is 28.8 Å². The van der Waals surface area contributed by atoms with Crippen molar-refractivity contribution in [1.29, 1.82) is 0 Å². The molecule has 8 rings (SSSR count). The summed E-state index contributed by atoms with van der Waals surface area (Å²) in [5.74, 6) is 0.496. The average molecular weight is 861 g/mol. The lowest BCUT2D eigenvalue weighted by Gasteiger charge is -2.33. The first kappa shape index (κ1) is 44.4. The zero-order valence-corrected chi connectivity index (χ0v) is 35.8. The van der Waals surface area contributed by atoms with E-state index in [9.17, 15) is 28.8 Å². The third-order valence-electron chi connectivity index (χ3n) is 11.9. The van der Waals surface area contributed by atoms with Gasteiger partial charge in [-0.05, 0) is 96.2 Å². The van der Waals surface area contributed by atoms with Crippen LogP contribution < -0.4 is 18.9 Å². The summed E-state index contributed by atoms with van der Waals surface area (Å²) in [5.41, 5.74) is 5.55. The third kappa shape index (κ3) is 10.3. The molecule has 0 aliphatic carbocycles. The molecule has 0 aromatic heterocycles. The van der Waals surface area contributed by atoms with Crippen LogP contribution in [0.25, 0.3) is 0 Å². The van der Waals surface area contributed by atoms with Gasteiger partial charge in [-0.1, -0.05) is 48.5 Å². The van der Waals surface area contributed by atoms with E-state index in [-0.39, 0.29) is 80.3 Å². The summed E-state index contributed by atoms with van der Waals surface area (Å²) in [6.07, 6.45) is 5.70. The third-order valence-corrected chi connectivity index (χ3v) is 11.9. The Balaban J connectivity index is 0.000000189. The highest BCUT2D eigenvalue weighted by Crippen LogP contribution is 2.37. The first-order chi connectivity index (χ1) is 30.5. The number of hydrogen-bond donors (Lipinski definition) is 1. The molecule has 330 valence electrons. The molecule has 2 atom stereocenters. The van der Waals surface area contributed by atoms with Gasteiger partial charge >= 0.3 is 11.9 Å². The van der Waals surface area contributed by atoms with Gasteiger partial charge in [0.2, 0.25) is 0 Å². The highest BCUT2D eigenvalue weighted by Gasteiger charge is 2.39. The predicted octanol–water partition coefficient (Wildman–Crippen LogP) is 6.13. The van der Waals surface area contributed by atoms with Gasteiger partial charge in [0.25, 0.3) is 11.8 Å². The van der Waals surface area contributed by atoms with Gasteiger partial charge in [0.1, 0.15) is 13.2 Å². The lowest BCUT2D eigenvalue weighted by molar-refractivity contribution is -0.140. The molecule has 1 N–H and O–H groups in total. The molecule has 4 aromatic rings. The summed E-state index contributed by atoms with van der Waals surface area (Å²) in [6, 6.07) is 20.8. The number of rotatable bonds is 12. The fraction of sp³-hybridized carbons (Fsp3) is 0.388. The molecule has 4 aliphatic rings. The summed E-state index contributed by atoms with van der Waals surface area (Å²) in [6.45, 7) is 1.67. The summed E-state index contributed by atoms with van der Waals surface area (Å²) < 4.78 is 27.7. The van der Waals surface area contributed by atoms with Crippen molar-refractivity contribution in [2.75, 3.05) is 34.4 Å². The molecule has 0 unspecified atom stereocenters. The molecule has 63 heavy (non-hydrogen) atoms. The van der Waals surface area contributed by atoms with E-state index in [1.54, 1.807) is 52.3 Å². The van der Waals surface area contributed by atoms with Crippen LogP contribution in [-0.2, 0) is 62.8 Å². The minimum absolute atomic E-state index is 0.0576. The van der Waals surface area contributed by atoms with Crippen LogP contribution in [-0.4, -0.2) is 96.7 Å². The van der Waals surface area contributed by atoms with E-state index in [0.717, 1.165) is 48.8 Å². The quantitative estimate of drug-likeness (QED) is 0.162. The second kappa shape index (κ2) is 20.0. The number of methoxy groups -OCH3 is 3. The SMILES string of the molecule is COC(=O)Cc1cccc(COc2cc3c(cc2OC)C(=O)N2CCCC[C@H]2C(=O)C3)c1.COc1cc2c(cc1OCc1cccc(CC(=O)O)c1)CC(=O)[C@@H]1CCCCN1C2=O. The number of amides is 2. The Morgan fingerprint density at radius 3 is 1.46 bits per heavy atom. The molecule has 2 amide bonds. The standard InChI is InChI=1S/C25H27NO6.C24H25NO6/c1-30-22-14-19-18(12-21(27)20-8-3-4-9-26(20)25(19)29)13-23(22)32-15-17-7-5-6-16(10-17)11-24(28)31-2;1-30-21-13-18-17(11-20(26)19-7-2-3-8-25(19)24(18)29)12-22(21)31-14-16-6-4-5-15(9-16)10-23(27)28/h5-7,10,13-14,20H,3-4,8-9,11-12,15H2,1-2H3;4-6,9,12-13,19H,2-3,7-8,10-11,14H2,1H3,(H,27,28)/t20-;19-/m00/s1. The number of carbonyl (C=O) groups excluding carboxylic acids is 5. The van der Waals surface area contributed by atoms with Gasteiger partial charge in [-0.15, -0.1) is 0 Å². The molecule has 2 saturated heterocycles. The largest absolute Gasteiger partial charge is 0.493 e. The number of ether oxygens (including phenoxy) is 5. The maximum atomic E-state index is 13.2. The fourth-order valence-electron chi connectivity index (χ4n) is 8.77. The van der Waals surface area contributed by atoms with Crippen molar-refractivity contribution in [3.63, 3.8) is 0 Å². The second-order valence-corrected chi connectivity index (χ2v) is 16.2. The molecule has 0 spiro atoms. The Morgan fingerprint density at radius 1 is 0.587 bits per heavy atom. The second-order valence-electron chi connectivity index (χ2n) is 16.2. The summed E-state index contributed by atoms with van der Waals surface area (Å²) in [4.78, 5) is 77.9. The van der Waals surface area contributed by atoms with Gasteiger partial charge in [0, 0.05) is 37.1 Å². The summed E-state index contributed by atoms with van der Waals surface area (Å²) in [5, 5.41) is 8.98. The molecular formula is C49H52N2O12. The van der Waals surface area contributed by atoms with Crippen LogP contribution >= 0.6 is 0 Å². The number of benzene rings is 4. The summed E-state index contributed by atoms with van der Waals surface area (Å²) >= 11 is 0. The van der Waals surface area contributed by atoms with Crippen LogP contribution in [0.2, 0.25) is 0 Å². The van der Waals surface area contributed by atoms with E-state index in [2.05, 4.69) is 0 Å². The van der Waals surface area contributed by atoms with Crippen molar-refractivity contribution in [1.82, 2.24) is 9.80 Å². The summed E-state index contributed by atoms with van der Waals surface area (Å²) in [7, 11) is 4.40. The van der Waals surface area contributed by atoms with E-state index in [1.165, 1.54) is 21.3 Å². The topological polar surface area (TPSA) is 175 Å². The molecule has 0 radical (unpaired) electrons. The molecular weight excluding hydrogens is 809 g/mol. The molecule has 14 heteroatoms. The minimum Gasteiger partial charge on any atom is -0.493 e. The zero-order valence-electron chi connectivity index (χ0n) is 35.8. The zero-order chi connectivity index (χ0) is 44.6.